The zero-order chi connectivity index (χ0) is 12.1. The summed E-state index contributed by atoms with van der Waals surface area (Å²) in [7, 11) is 1.40. The van der Waals surface area contributed by atoms with Gasteiger partial charge in [0.1, 0.15) is 5.75 Å². The Morgan fingerprint density at radius 2 is 2.31 bits per heavy atom. The first-order valence-electron chi connectivity index (χ1n) is 4.36. The van der Waals surface area contributed by atoms with E-state index in [0.717, 1.165) is 0 Å². The molecule has 0 aliphatic carbocycles. The average molecular weight is 244 g/mol. The number of benzene rings is 1. The fourth-order valence-electron chi connectivity index (χ4n) is 1.32. The molecule has 0 heterocycles. The largest absolute Gasteiger partial charge is 0.496 e. The summed E-state index contributed by atoms with van der Waals surface area (Å²) in [5, 5.41) is 11.4. The van der Waals surface area contributed by atoms with E-state index in [1.165, 1.54) is 13.2 Å². The van der Waals surface area contributed by atoms with Crippen LogP contribution in [0.4, 0.5) is 0 Å². The van der Waals surface area contributed by atoms with E-state index >= 15 is 0 Å². The molecule has 1 unspecified atom stereocenters. The van der Waals surface area contributed by atoms with Crippen molar-refractivity contribution in [1.82, 2.24) is 5.32 Å². The van der Waals surface area contributed by atoms with E-state index in [0.29, 0.717) is 12.2 Å². The van der Waals surface area contributed by atoms with E-state index in [2.05, 4.69) is 5.32 Å². The highest BCUT2D eigenvalue weighted by atomic mass is 35.5. The van der Waals surface area contributed by atoms with E-state index in [9.17, 15) is 9.59 Å². The zero-order valence-electron chi connectivity index (χ0n) is 8.44. The number of methoxy groups -OCH3 is 1. The maximum Gasteiger partial charge on any atom is 0.331 e. The predicted molar refractivity (Wildman–Crippen MR) is 57.6 cm³/mol. The molecule has 6 heteroatoms. The lowest BCUT2D eigenvalue weighted by molar-refractivity contribution is -0.140. The predicted octanol–water partition coefficient (Wildman–Crippen LogP) is 1.22. The zero-order valence-corrected chi connectivity index (χ0v) is 9.19. The molecule has 0 spiro atoms. The quantitative estimate of drug-likeness (QED) is 0.763. The Morgan fingerprint density at radius 1 is 1.62 bits per heavy atom. The van der Waals surface area contributed by atoms with Crippen LogP contribution in [0.25, 0.3) is 0 Å². The number of halogens is 1. The molecular weight excluding hydrogens is 234 g/mol. The molecule has 0 aromatic heterocycles. The summed E-state index contributed by atoms with van der Waals surface area (Å²) in [4.78, 5) is 21.3. The monoisotopic (exact) mass is 243 g/mol. The number of hydrogen-bond donors (Lipinski definition) is 2. The summed E-state index contributed by atoms with van der Waals surface area (Å²) in [5.74, 6) is -0.896. The Labute approximate surface area is 97.0 Å². The molecule has 1 rings (SSSR count). The number of carboxylic acids is 1. The molecule has 0 saturated carbocycles. The number of nitrogens with one attached hydrogen (secondary N) is 1. The van der Waals surface area contributed by atoms with Gasteiger partial charge < -0.3 is 15.2 Å². The van der Waals surface area contributed by atoms with E-state index in [-0.39, 0.29) is 10.6 Å². The molecule has 0 aliphatic rings. The number of hydrogen-bond acceptors (Lipinski definition) is 3. The third kappa shape index (κ3) is 2.43. The molecule has 0 bridgehead atoms. The summed E-state index contributed by atoms with van der Waals surface area (Å²) < 4.78 is 5.00. The Bertz CT molecular complexity index is 408. The molecule has 1 aromatic carbocycles. The van der Waals surface area contributed by atoms with Gasteiger partial charge in [0.15, 0.2) is 6.04 Å². The molecule has 86 valence electrons. The minimum absolute atomic E-state index is 0.223. The first-order valence-corrected chi connectivity index (χ1v) is 4.74. The van der Waals surface area contributed by atoms with Crippen molar-refractivity contribution in [3.05, 3.63) is 28.8 Å². The number of amides is 1. The second-order valence-electron chi connectivity index (χ2n) is 2.91. The number of carboxylic acid groups (broad SMARTS) is 1. The van der Waals surface area contributed by atoms with Gasteiger partial charge in [-0.25, -0.2) is 4.79 Å². The summed E-state index contributed by atoms with van der Waals surface area (Å²) >= 11 is 5.88. The molecule has 0 saturated heterocycles. The van der Waals surface area contributed by atoms with Gasteiger partial charge in [-0.15, -0.1) is 0 Å². The van der Waals surface area contributed by atoms with Gasteiger partial charge >= 0.3 is 5.97 Å². The SMILES string of the molecule is COc1cccc(Cl)c1C(NC=O)C(=O)O. The lowest BCUT2D eigenvalue weighted by atomic mass is 10.1. The van der Waals surface area contributed by atoms with Crippen LogP contribution in [-0.4, -0.2) is 24.6 Å². The minimum atomic E-state index is -1.22. The van der Waals surface area contributed by atoms with Gasteiger partial charge in [0.05, 0.1) is 12.1 Å². The van der Waals surface area contributed by atoms with Crippen LogP contribution in [0.15, 0.2) is 18.2 Å². The molecule has 1 atom stereocenters. The van der Waals surface area contributed by atoms with Gasteiger partial charge in [0, 0.05) is 5.56 Å². The van der Waals surface area contributed by atoms with Crippen LogP contribution in [0, 0.1) is 0 Å². The van der Waals surface area contributed by atoms with Crippen molar-refractivity contribution in [3.63, 3.8) is 0 Å². The van der Waals surface area contributed by atoms with E-state index in [1.807, 2.05) is 0 Å². The van der Waals surface area contributed by atoms with Gasteiger partial charge in [-0.2, -0.15) is 0 Å². The fourth-order valence-corrected chi connectivity index (χ4v) is 1.60. The smallest absolute Gasteiger partial charge is 0.331 e. The number of rotatable bonds is 5. The van der Waals surface area contributed by atoms with Crippen molar-refractivity contribution in [2.45, 2.75) is 6.04 Å². The topological polar surface area (TPSA) is 75.6 Å². The molecule has 1 aromatic rings. The first kappa shape index (κ1) is 12.3. The average Bonchev–Trinajstić information content (AvgIpc) is 2.26. The summed E-state index contributed by atoms with van der Waals surface area (Å²) in [5.41, 5.74) is 0.228. The van der Waals surface area contributed by atoms with Crippen LogP contribution in [0.1, 0.15) is 11.6 Å². The van der Waals surface area contributed by atoms with Crippen LogP contribution in [0.3, 0.4) is 0 Å². The highest BCUT2D eigenvalue weighted by molar-refractivity contribution is 6.31. The molecule has 0 radical (unpaired) electrons. The third-order valence-corrected chi connectivity index (χ3v) is 2.33. The molecule has 1 amide bonds. The van der Waals surface area contributed by atoms with Crippen LogP contribution in [0.5, 0.6) is 5.75 Å². The van der Waals surface area contributed by atoms with E-state index in [4.69, 9.17) is 21.4 Å². The molecule has 16 heavy (non-hydrogen) atoms. The number of aliphatic carboxylic acids is 1. The van der Waals surface area contributed by atoms with Gasteiger partial charge in [-0.3, -0.25) is 4.79 Å². The lowest BCUT2D eigenvalue weighted by Gasteiger charge is -2.16. The second-order valence-corrected chi connectivity index (χ2v) is 3.32. The van der Waals surface area contributed by atoms with E-state index < -0.39 is 12.0 Å². The third-order valence-electron chi connectivity index (χ3n) is 2.00. The highest BCUT2D eigenvalue weighted by Crippen LogP contribution is 2.31. The normalized spacial score (nSPS) is 11.6. The fraction of sp³-hybridized carbons (Fsp3) is 0.200. The van der Waals surface area contributed by atoms with Gasteiger partial charge in [-0.05, 0) is 12.1 Å². The Balaban J connectivity index is 3.26. The maximum absolute atomic E-state index is 11.0. The Hall–Kier alpha value is -1.75. The lowest BCUT2D eigenvalue weighted by Crippen LogP contribution is -2.28. The number of ether oxygens (including phenoxy) is 1. The Morgan fingerprint density at radius 3 is 2.81 bits per heavy atom. The number of carbonyl (C=O) groups is 2. The molecular formula is C10H10ClNO4. The standard InChI is InChI=1S/C10H10ClNO4/c1-16-7-4-2-3-6(11)8(7)9(10(14)15)12-5-13/h2-5,9H,1H3,(H,12,13)(H,14,15). The molecule has 0 aliphatic heterocycles. The minimum Gasteiger partial charge on any atom is -0.496 e. The van der Waals surface area contributed by atoms with Crippen molar-refractivity contribution in [2.24, 2.45) is 0 Å². The molecule has 2 N–H and O–H groups in total. The molecule has 0 fully saturated rings. The highest BCUT2D eigenvalue weighted by Gasteiger charge is 2.25. The van der Waals surface area contributed by atoms with Crippen molar-refractivity contribution >= 4 is 24.0 Å². The van der Waals surface area contributed by atoms with Crippen LogP contribution >= 0.6 is 11.6 Å². The second kappa shape index (κ2) is 5.37. The Kier molecular flexibility index (Phi) is 4.13. The molecule has 5 nitrogen and oxygen atoms in total. The summed E-state index contributed by atoms with van der Waals surface area (Å²) in [6, 6.07) is 3.51. The van der Waals surface area contributed by atoms with Gasteiger partial charge in [0.25, 0.3) is 0 Å². The summed E-state index contributed by atoms with van der Waals surface area (Å²) in [6.07, 6.45) is 0.307. The summed E-state index contributed by atoms with van der Waals surface area (Å²) in [6.45, 7) is 0. The van der Waals surface area contributed by atoms with Crippen LogP contribution in [-0.2, 0) is 9.59 Å². The van der Waals surface area contributed by atoms with Crippen LogP contribution < -0.4 is 10.1 Å². The van der Waals surface area contributed by atoms with E-state index in [1.54, 1.807) is 12.1 Å². The number of carbonyl (C=O) groups excluding carboxylic acids is 1. The van der Waals surface area contributed by atoms with Crippen LogP contribution in [0.2, 0.25) is 5.02 Å². The van der Waals surface area contributed by atoms with Crippen molar-refractivity contribution < 1.29 is 19.4 Å². The van der Waals surface area contributed by atoms with Crippen molar-refractivity contribution in [1.29, 1.82) is 0 Å². The van der Waals surface area contributed by atoms with Gasteiger partial charge in [-0.1, -0.05) is 17.7 Å². The van der Waals surface area contributed by atoms with Gasteiger partial charge in [0.2, 0.25) is 6.41 Å². The van der Waals surface area contributed by atoms with Crippen molar-refractivity contribution in [2.75, 3.05) is 7.11 Å². The maximum atomic E-state index is 11.0. The first-order chi connectivity index (χ1) is 7.61. The van der Waals surface area contributed by atoms with Crippen molar-refractivity contribution in [3.8, 4) is 5.75 Å².